The third kappa shape index (κ3) is 4.87. The number of carbonyl (C=O) groups is 2. The summed E-state index contributed by atoms with van der Waals surface area (Å²) in [7, 11) is 0. The van der Waals surface area contributed by atoms with Crippen LogP contribution in [0, 0.1) is 0 Å². The molecule has 0 atom stereocenters. The van der Waals surface area contributed by atoms with Crippen LogP contribution in [0.4, 0.5) is 0 Å². The first-order valence-electron chi connectivity index (χ1n) is 5.99. The molecule has 0 aromatic carbocycles. The van der Waals surface area contributed by atoms with Gasteiger partial charge in [-0.1, -0.05) is 6.92 Å². The monoisotopic (exact) mass is 268 g/mol. The normalized spacial score (nSPS) is 11.1. The van der Waals surface area contributed by atoms with E-state index in [9.17, 15) is 9.59 Å². The Kier molecular flexibility index (Phi) is 4.90. The Morgan fingerprint density at radius 1 is 1.28 bits per heavy atom. The van der Waals surface area contributed by atoms with E-state index in [0.29, 0.717) is 4.88 Å². The van der Waals surface area contributed by atoms with E-state index in [-0.39, 0.29) is 23.9 Å². The van der Waals surface area contributed by atoms with Gasteiger partial charge >= 0.3 is 0 Å². The van der Waals surface area contributed by atoms with Crippen LogP contribution in [0.1, 0.15) is 42.2 Å². The van der Waals surface area contributed by atoms with E-state index in [4.69, 9.17) is 0 Å². The maximum absolute atomic E-state index is 11.8. The highest BCUT2D eigenvalue weighted by Gasteiger charge is 2.15. The van der Waals surface area contributed by atoms with Crippen molar-refractivity contribution in [3.05, 3.63) is 21.9 Å². The number of nitrogens with one attached hydrogen (secondary N) is 2. The van der Waals surface area contributed by atoms with Gasteiger partial charge in [-0.05, 0) is 39.3 Å². The van der Waals surface area contributed by atoms with Gasteiger partial charge in [0.25, 0.3) is 5.91 Å². The molecule has 1 aromatic rings. The van der Waals surface area contributed by atoms with Crippen molar-refractivity contribution < 1.29 is 9.59 Å². The average molecular weight is 268 g/mol. The molecule has 0 aliphatic carbocycles. The van der Waals surface area contributed by atoms with Crippen LogP contribution < -0.4 is 10.6 Å². The van der Waals surface area contributed by atoms with Crippen molar-refractivity contribution in [2.75, 3.05) is 6.54 Å². The summed E-state index contributed by atoms with van der Waals surface area (Å²) in [6, 6.07) is 3.73. The zero-order valence-electron chi connectivity index (χ0n) is 11.3. The van der Waals surface area contributed by atoms with Crippen LogP contribution in [-0.4, -0.2) is 23.9 Å². The highest BCUT2D eigenvalue weighted by atomic mass is 32.1. The molecule has 0 fully saturated rings. The van der Waals surface area contributed by atoms with E-state index in [1.165, 1.54) is 16.2 Å². The highest BCUT2D eigenvalue weighted by Crippen LogP contribution is 2.16. The van der Waals surface area contributed by atoms with Crippen molar-refractivity contribution >= 4 is 23.2 Å². The first-order chi connectivity index (χ1) is 8.31. The van der Waals surface area contributed by atoms with E-state index in [0.717, 1.165) is 6.42 Å². The minimum absolute atomic E-state index is 0.00939. The van der Waals surface area contributed by atoms with Crippen LogP contribution >= 0.6 is 11.3 Å². The number of carbonyl (C=O) groups excluding carboxylic acids is 2. The van der Waals surface area contributed by atoms with Crippen LogP contribution in [-0.2, 0) is 11.2 Å². The second-order valence-electron chi connectivity index (χ2n) is 5.10. The molecule has 18 heavy (non-hydrogen) atoms. The zero-order chi connectivity index (χ0) is 13.8. The zero-order valence-corrected chi connectivity index (χ0v) is 12.1. The molecule has 0 unspecified atom stereocenters. The van der Waals surface area contributed by atoms with Gasteiger partial charge in [0, 0.05) is 10.4 Å². The fourth-order valence-electron chi connectivity index (χ4n) is 1.40. The van der Waals surface area contributed by atoms with Gasteiger partial charge < -0.3 is 10.6 Å². The molecular weight excluding hydrogens is 248 g/mol. The quantitative estimate of drug-likeness (QED) is 0.877. The lowest BCUT2D eigenvalue weighted by Gasteiger charge is -2.20. The third-order valence-corrected chi connectivity index (χ3v) is 3.39. The largest absolute Gasteiger partial charge is 0.350 e. The van der Waals surface area contributed by atoms with Crippen LogP contribution in [0.15, 0.2) is 12.1 Å². The van der Waals surface area contributed by atoms with E-state index in [1.807, 2.05) is 33.8 Å². The first kappa shape index (κ1) is 14.7. The lowest BCUT2D eigenvalue weighted by molar-refractivity contribution is -0.121. The third-order valence-electron chi connectivity index (χ3n) is 2.16. The molecule has 0 spiro atoms. The second-order valence-corrected chi connectivity index (χ2v) is 6.27. The maximum atomic E-state index is 11.8. The molecule has 0 radical (unpaired) electrons. The number of hydrogen-bond donors (Lipinski definition) is 2. The van der Waals surface area contributed by atoms with Crippen LogP contribution in [0.5, 0.6) is 0 Å². The Balaban J connectivity index is 2.44. The van der Waals surface area contributed by atoms with E-state index in [1.54, 1.807) is 6.07 Å². The van der Waals surface area contributed by atoms with Gasteiger partial charge in [-0.15, -0.1) is 11.3 Å². The Morgan fingerprint density at radius 3 is 2.44 bits per heavy atom. The molecule has 2 amide bonds. The Hall–Kier alpha value is -1.36. The smallest absolute Gasteiger partial charge is 0.261 e. The summed E-state index contributed by atoms with van der Waals surface area (Å²) < 4.78 is 0. The van der Waals surface area contributed by atoms with E-state index in [2.05, 4.69) is 10.6 Å². The molecule has 4 nitrogen and oxygen atoms in total. The molecule has 0 aliphatic rings. The topological polar surface area (TPSA) is 58.2 Å². The summed E-state index contributed by atoms with van der Waals surface area (Å²) >= 11 is 1.46. The standard InChI is InChI=1S/C13H20N2O2S/c1-5-9-6-7-10(18-9)12(17)14-8-11(16)15-13(2,3)4/h6-7H,5,8H2,1-4H3,(H,14,17)(H,15,16). The second kappa shape index (κ2) is 6.00. The SMILES string of the molecule is CCc1ccc(C(=O)NCC(=O)NC(C)(C)C)s1. The first-order valence-corrected chi connectivity index (χ1v) is 6.81. The van der Waals surface area contributed by atoms with Crippen molar-refractivity contribution in [1.29, 1.82) is 0 Å². The fourth-order valence-corrected chi connectivity index (χ4v) is 2.26. The molecule has 0 aliphatic heterocycles. The van der Waals surface area contributed by atoms with Gasteiger partial charge in [0.1, 0.15) is 0 Å². The Morgan fingerprint density at radius 2 is 1.94 bits per heavy atom. The summed E-state index contributed by atoms with van der Waals surface area (Å²) in [5.74, 6) is -0.369. The minimum atomic E-state index is -0.278. The van der Waals surface area contributed by atoms with Gasteiger partial charge in [-0.2, -0.15) is 0 Å². The Labute approximate surface area is 112 Å². The molecule has 0 saturated carbocycles. The number of rotatable bonds is 4. The molecule has 0 saturated heterocycles. The molecule has 2 N–H and O–H groups in total. The molecule has 5 heteroatoms. The molecule has 1 rings (SSSR count). The molecule has 0 bridgehead atoms. The minimum Gasteiger partial charge on any atom is -0.350 e. The lowest BCUT2D eigenvalue weighted by atomic mass is 10.1. The maximum Gasteiger partial charge on any atom is 0.261 e. The van der Waals surface area contributed by atoms with Crippen LogP contribution in [0.3, 0.4) is 0 Å². The van der Waals surface area contributed by atoms with Crippen molar-refractivity contribution in [1.82, 2.24) is 10.6 Å². The number of amides is 2. The van der Waals surface area contributed by atoms with Crippen molar-refractivity contribution in [3.63, 3.8) is 0 Å². The predicted octanol–water partition coefficient (Wildman–Crippen LogP) is 1.95. The lowest BCUT2D eigenvalue weighted by Crippen LogP contribution is -2.45. The molecular formula is C13H20N2O2S. The summed E-state index contributed by atoms with van der Waals surface area (Å²) in [5, 5.41) is 5.41. The van der Waals surface area contributed by atoms with E-state index < -0.39 is 0 Å². The highest BCUT2D eigenvalue weighted by molar-refractivity contribution is 7.14. The van der Waals surface area contributed by atoms with E-state index >= 15 is 0 Å². The Bertz CT molecular complexity index is 432. The van der Waals surface area contributed by atoms with Gasteiger partial charge in [0.15, 0.2) is 0 Å². The van der Waals surface area contributed by atoms with Gasteiger partial charge in [0.05, 0.1) is 11.4 Å². The molecule has 100 valence electrons. The van der Waals surface area contributed by atoms with Crippen molar-refractivity contribution in [2.24, 2.45) is 0 Å². The summed E-state index contributed by atoms with van der Waals surface area (Å²) in [6.07, 6.45) is 0.919. The van der Waals surface area contributed by atoms with Crippen molar-refractivity contribution in [3.8, 4) is 0 Å². The van der Waals surface area contributed by atoms with Crippen molar-refractivity contribution in [2.45, 2.75) is 39.7 Å². The number of hydrogen-bond acceptors (Lipinski definition) is 3. The summed E-state index contributed by atoms with van der Waals surface area (Å²) in [5.41, 5.74) is -0.278. The fraction of sp³-hybridized carbons (Fsp3) is 0.538. The summed E-state index contributed by atoms with van der Waals surface area (Å²) in [4.78, 5) is 25.1. The van der Waals surface area contributed by atoms with Crippen LogP contribution in [0.2, 0.25) is 0 Å². The molecule has 1 aromatic heterocycles. The van der Waals surface area contributed by atoms with Crippen LogP contribution in [0.25, 0.3) is 0 Å². The number of aryl methyl sites for hydroxylation is 1. The van der Waals surface area contributed by atoms with Gasteiger partial charge in [0.2, 0.25) is 5.91 Å². The number of thiophene rings is 1. The average Bonchev–Trinajstić information content (AvgIpc) is 2.72. The predicted molar refractivity (Wildman–Crippen MR) is 73.9 cm³/mol. The molecule has 1 heterocycles. The van der Waals surface area contributed by atoms with Gasteiger partial charge in [-0.3, -0.25) is 9.59 Å². The van der Waals surface area contributed by atoms with Gasteiger partial charge in [-0.25, -0.2) is 0 Å². The summed E-state index contributed by atoms with van der Waals surface area (Å²) in [6.45, 7) is 7.76.